The van der Waals surface area contributed by atoms with E-state index in [0.29, 0.717) is 21.9 Å². The lowest BCUT2D eigenvalue weighted by Gasteiger charge is -2.27. The fourth-order valence-corrected chi connectivity index (χ4v) is 12.3. The largest absolute Gasteiger partial charge is 0.479 e. The number of nitrogen functional groups attached to an aromatic ring is 2. The first-order valence-electron chi connectivity index (χ1n) is 29.2. The maximum atomic E-state index is 14.3. The van der Waals surface area contributed by atoms with Crippen molar-refractivity contribution >= 4 is 83.2 Å². The number of nitrogens with zero attached hydrogens (tertiary/aromatic N) is 8. The standard InChI is InChI=1S/C30H39N6O9P.C18H24NO5P.C12H17N5O5/c1-17(26(38)42-15-29(2,3)4)35-46(40,45-20-13-9-11-18-10-7-8-12-19(18)20)43-14-21-23(37)30(5,39)27(44-21)36-16-32-22-24(36)33-28(31)34-25(22)41-6;1-13(17(20)23-12-18(2,3)4)19-25(21,22)24-16-11-7-9-14-8-5-6-10-15(14)16;1-12(20)7(19)5(3-18)22-10(12)17-4-14-6-8(17)15-11(13)16-9(6)21-2/h7-13,16-17,21,23,27,37,39H,14-15H2,1-6H3,(H,35,40)(H2,31,33,34);5-11,13H,12H2,1-4H3,(H2,19,21,22);4-5,7,10,18-20H,3H2,1-2H3,(H2,13,15,16)/t17-,21?,23?,27?,30?,46-;13-;/m00./s1. The summed E-state index contributed by atoms with van der Waals surface area (Å²) in [4.78, 5) is 59.5. The molecule has 0 saturated carbocycles. The Morgan fingerprint density at radius 2 is 1.05 bits per heavy atom. The van der Waals surface area contributed by atoms with Crippen LogP contribution in [0.2, 0.25) is 0 Å². The molecular formula is C60H80N12O19P2. The van der Waals surface area contributed by atoms with Gasteiger partial charge in [-0.05, 0) is 61.4 Å². The molecule has 0 spiro atoms. The number of nitrogens with one attached hydrogen (secondary N) is 2. The Morgan fingerprint density at radius 3 is 1.48 bits per heavy atom. The molecule has 0 aliphatic carbocycles. The van der Waals surface area contributed by atoms with E-state index in [-0.39, 0.29) is 70.4 Å². The van der Waals surface area contributed by atoms with Gasteiger partial charge in [0.25, 0.3) is 0 Å². The summed E-state index contributed by atoms with van der Waals surface area (Å²) in [6.45, 7) is 16.6. The molecule has 0 bridgehead atoms. The summed E-state index contributed by atoms with van der Waals surface area (Å²) in [5.41, 5.74) is 8.56. The number of ether oxygens (including phenoxy) is 6. The summed E-state index contributed by atoms with van der Waals surface area (Å²) < 4.78 is 79.1. The lowest BCUT2D eigenvalue weighted by atomic mass is 9.96. The number of hydrogen-bond acceptors (Lipinski definition) is 26. The van der Waals surface area contributed by atoms with Gasteiger partial charge in [0.05, 0.1) is 53.3 Å². The van der Waals surface area contributed by atoms with Crippen LogP contribution in [0.1, 0.15) is 81.7 Å². The van der Waals surface area contributed by atoms with E-state index in [1.807, 2.05) is 84.0 Å². The number of carbonyl (C=O) groups excluding carboxylic acids is 2. The predicted molar refractivity (Wildman–Crippen MR) is 339 cm³/mol. The van der Waals surface area contributed by atoms with Crippen molar-refractivity contribution in [1.29, 1.82) is 0 Å². The average Bonchev–Trinajstić information content (AvgIpc) is 1.61. The van der Waals surface area contributed by atoms with Crippen molar-refractivity contribution < 1.29 is 91.1 Å². The van der Waals surface area contributed by atoms with E-state index in [1.165, 1.54) is 63.7 Å². The molecule has 6 heterocycles. The van der Waals surface area contributed by atoms with E-state index < -0.39 is 101 Å². The fraction of sp³-hybridized carbons (Fsp3) is 0.467. The van der Waals surface area contributed by atoms with Gasteiger partial charge in [0.15, 0.2) is 34.8 Å². The predicted octanol–water partition coefficient (Wildman–Crippen LogP) is 5.66. The van der Waals surface area contributed by atoms with Gasteiger partial charge in [0, 0.05) is 10.8 Å². The summed E-state index contributed by atoms with van der Waals surface area (Å²) in [7, 11) is -5.79. The van der Waals surface area contributed by atoms with Gasteiger partial charge in [-0.1, -0.05) is 114 Å². The number of hydrogen-bond donors (Lipinski definition) is 10. The minimum Gasteiger partial charge on any atom is -0.479 e. The lowest BCUT2D eigenvalue weighted by Crippen LogP contribution is -2.44. The molecule has 31 nitrogen and oxygen atoms in total. The molecule has 4 aromatic heterocycles. The molecule has 2 saturated heterocycles. The number of rotatable bonds is 20. The van der Waals surface area contributed by atoms with Gasteiger partial charge in [-0.2, -0.15) is 30.1 Å². The number of esters is 2. The Balaban J connectivity index is 0.000000198. The van der Waals surface area contributed by atoms with Gasteiger partial charge in [-0.25, -0.2) is 19.1 Å². The molecule has 2 aliphatic rings. The Hall–Kier alpha value is -7.74. The zero-order valence-electron chi connectivity index (χ0n) is 53.3. The van der Waals surface area contributed by atoms with Gasteiger partial charge in [-0.3, -0.25) is 23.2 Å². The Morgan fingerprint density at radius 1 is 0.645 bits per heavy atom. The van der Waals surface area contributed by atoms with E-state index in [1.54, 1.807) is 42.5 Å². The summed E-state index contributed by atoms with van der Waals surface area (Å²) >= 11 is 0. The first-order chi connectivity index (χ1) is 43.6. The minimum absolute atomic E-state index is 0.0250. The molecule has 4 aromatic carbocycles. The van der Waals surface area contributed by atoms with Crippen LogP contribution in [0.3, 0.4) is 0 Å². The monoisotopic (exact) mass is 1330 g/mol. The second-order valence-electron chi connectivity index (χ2n) is 24.9. The number of aliphatic hydroxyl groups excluding tert-OH is 3. The van der Waals surface area contributed by atoms with E-state index in [4.69, 9.17) is 53.5 Å². The second-order valence-corrected chi connectivity index (χ2v) is 28.1. The van der Waals surface area contributed by atoms with Gasteiger partial charge < -0.3 is 79.4 Å². The van der Waals surface area contributed by atoms with Crippen molar-refractivity contribution in [2.24, 2.45) is 10.8 Å². The zero-order chi connectivity index (χ0) is 68.2. The van der Waals surface area contributed by atoms with Crippen LogP contribution in [0.25, 0.3) is 43.9 Å². The van der Waals surface area contributed by atoms with Crippen molar-refractivity contribution in [3.8, 4) is 23.3 Å². The van der Waals surface area contributed by atoms with Gasteiger partial charge in [0.1, 0.15) is 59.2 Å². The van der Waals surface area contributed by atoms with Gasteiger partial charge in [0.2, 0.25) is 23.7 Å². The SMILES string of the molecule is COc1nc(N)nc2c1ncn2C1OC(CO)C(O)C1(C)O.COc1nc(N)nc2c1ncn2C1OC(CO[P@@](=O)(N[C@@H](C)C(=O)OCC(C)(C)C)Oc2cccc3ccccc23)C(O)C1(C)O.C[C@H](NP(=O)(O)Oc1cccc2ccccc12)C(=O)OCC(C)(C)C. The summed E-state index contributed by atoms with van der Waals surface area (Å²) in [5, 5.41) is 60.4. The van der Waals surface area contributed by atoms with E-state index in [0.717, 1.165) is 10.8 Å². The second kappa shape index (κ2) is 28.5. The van der Waals surface area contributed by atoms with Crippen molar-refractivity contribution in [1.82, 2.24) is 49.2 Å². The third kappa shape index (κ3) is 16.8. The Bertz CT molecular complexity index is 4040. The molecule has 12 atom stereocenters. The number of aliphatic hydroxyl groups is 5. The Labute approximate surface area is 534 Å². The summed E-state index contributed by atoms with van der Waals surface area (Å²) in [6, 6.07) is 23.0. The van der Waals surface area contributed by atoms with Crippen LogP contribution >= 0.6 is 15.5 Å². The van der Waals surface area contributed by atoms with Gasteiger partial charge in [-0.15, -0.1) is 0 Å². The molecular weight excluding hydrogens is 1250 g/mol. The van der Waals surface area contributed by atoms with E-state index in [2.05, 4.69) is 40.1 Å². The van der Waals surface area contributed by atoms with Crippen molar-refractivity contribution in [3.63, 3.8) is 0 Å². The summed E-state index contributed by atoms with van der Waals surface area (Å²) in [5.74, 6) is -0.579. The highest BCUT2D eigenvalue weighted by Gasteiger charge is 2.55. The third-order valence-electron chi connectivity index (χ3n) is 14.5. The highest BCUT2D eigenvalue weighted by molar-refractivity contribution is 7.52. The molecule has 2 fully saturated rings. The van der Waals surface area contributed by atoms with Crippen molar-refractivity contribution in [2.45, 2.75) is 129 Å². The van der Waals surface area contributed by atoms with E-state index in [9.17, 15) is 49.1 Å². The van der Waals surface area contributed by atoms with Crippen LogP contribution < -0.4 is 40.2 Å². The topological polar surface area (TPSA) is 436 Å². The van der Waals surface area contributed by atoms with Crippen molar-refractivity contribution in [2.75, 3.05) is 52.1 Å². The number of imidazole rings is 2. The highest BCUT2D eigenvalue weighted by Crippen LogP contribution is 2.49. The first kappa shape index (κ1) is 71.1. The van der Waals surface area contributed by atoms with Crippen LogP contribution in [0.15, 0.2) is 97.6 Å². The zero-order valence-corrected chi connectivity index (χ0v) is 55.1. The van der Waals surface area contributed by atoms with E-state index >= 15 is 0 Å². The normalized spacial score (nSPS) is 23.4. The maximum absolute atomic E-state index is 14.3. The maximum Gasteiger partial charge on any atom is 0.459 e. The number of methoxy groups -OCH3 is 2. The first-order valence-corrected chi connectivity index (χ1v) is 32.3. The lowest BCUT2D eigenvalue weighted by molar-refractivity contribution is -0.148. The number of benzene rings is 4. The molecule has 504 valence electrons. The van der Waals surface area contributed by atoms with Crippen LogP contribution in [0.5, 0.6) is 23.3 Å². The fourth-order valence-electron chi connectivity index (χ4n) is 9.72. The van der Waals surface area contributed by atoms with Crippen LogP contribution in [0, 0.1) is 10.8 Å². The number of carbonyl (C=O) groups is 2. The molecule has 8 aromatic rings. The molecule has 93 heavy (non-hydrogen) atoms. The molecule has 0 amide bonds. The molecule has 0 radical (unpaired) electrons. The van der Waals surface area contributed by atoms with Gasteiger partial charge >= 0.3 is 27.4 Å². The Kier molecular flexibility index (Phi) is 21.8. The minimum atomic E-state index is -4.37. The number of aromatic nitrogens is 8. The molecule has 33 heteroatoms. The summed E-state index contributed by atoms with van der Waals surface area (Å²) in [6.07, 6.45) is -4.42. The average molecular weight is 1340 g/mol. The van der Waals surface area contributed by atoms with Crippen LogP contribution in [-0.2, 0) is 42.2 Å². The number of nitrogens with two attached hydrogens (primary N) is 2. The molecule has 2 aliphatic heterocycles. The van der Waals surface area contributed by atoms with Crippen LogP contribution in [0.4, 0.5) is 11.9 Å². The smallest absolute Gasteiger partial charge is 0.459 e. The van der Waals surface area contributed by atoms with Crippen molar-refractivity contribution in [3.05, 3.63) is 97.6 Å². The number of fused-ring (bicyclic) bond motifs is 4. The molecule has 10 rings (SSSR count). The quantitative estimate of drug-likeness (QED) is 0.0325. The molecule has 9 unspecified atom stereocenters. The third-order valence-corrected chi connectivity index (χ3v) is 17.2. The highest BCUT2D eigenvalue weighted by atomic mass is 31.2. The molecule has 12 N–H and O–H groups in total. The number of anilines is 2. The van der Waals surface area contributed by atoms with Crippen LogP contribution in [-0.4, -0.2) is 170 Å².